The molecule has 0 saturated heterocycles. The van der Waals surface area contributed by atoms with Crippen molar-refractivity contribution in [3.05, 3.63) is 56.5 Å². The molecule has 3 aromatic rings. The number of aromatic nitrogens is 2. The molecule has 0 spiro atoms. The Balaban J connectivity index is 2.14. The second-order valence-corrected chi connectivity index (χ2v) is 5.32. The van der Waals surface area contributed by atoms with Gasteiger partial charge in [-0.2, -0.15) is 0 Å². The van der Waals surface area contributed by atoms with E-state index in [0.29, 0.717) is 5.56 Å². The maximum absolute atomic E-state index is 11.0. The number of nitrogens with zero attached hydrogens (tertiary/aromatic N) is 4. The quantitative estimate of drug-likeness (QED) is 0.310. The van der Waals surface area contributed by atoms with Crippen molar-refractivity contribution in [1.29, 1.82) is 0 Å². The highest BCUT2D eigenvalue weighted by Crippen LogP contribution is 2.30. The van der Waals surface area contributed by atoms with Crippen LogP contribution in [0.25, 0.3) is 11.0 Å². The lowest BCUT2D eigenvalue weighted by Gasteiger charge is -2.05. The van der Waals surface area contributed by atoms with Gasteiger partial charge in [0.1, 0.15) is 0 Å². The normalized spacial score (nSPS) is 11.7. The number of amidine groups is 1. The average molecular weight is 378 g/mol. The molecule has 9 nitrogen and oxygen atoms in total. The molecule has 2 aromatic carbocycles. The summed E-state index contributed by atoms with van der Waals surface area (Å²) >= 11 is 3.33. The van der Waals surface area contributed by atoms with Crippen LogP contribution in [0.1, 0.15) is 5.56 Å². The van der Waals surface area contributed by atoms with Crippen LogP contribution in [0.2, 0.25) is 0 Å². The van der Waals surface area contributed by atoms with E-state index in [9.17, 15) is 15.3 Å². The van der Waals surface area contributed by atoms with Gasteiger partial charge in [0, 0.05) is 16.1 Å². The number of nitro benzene ring substituents is 1. The zero-order chi connectivity index (χ0) is 16.4. The van der Waals surface area contributed by atoms with Gasteiger partial charge >= 0.3 is 5.69 Å². The minimum atomic E-state index is -0.584. The first kappa shape index (κ1) is 15.1. The van der Waals surface area contributed by atoms with E-state index in [-0.39, 0.29) is 28.2 Å². The predicted octanol–water partition coefficient (Wildman–Crippen LogP) is 2.95. The van der Waals surface area contributed by atoms with E-state index >= 15 is 0 Å². The molecule has 0 aliphatic carbocycles. The lowest BCUT2D eigenvalue weighted by Crippen LogP contribution is -2.19. The second-order valence-electron chi connectivity index (χ2n) is 4.40. The summed E-state index contributed by atoms with van der Waals surface area (Å²) in [4.78, 5) is 14.6. The van der Waals surface area contributed by atoms with Gasteiger partial charge in [-0.05, 0) is 28.5 Å². The largest absolute Gasteiger partial charge is 0.300 e. The number of hydrogen-bond acceptors (Lipinski definition) is 7. The van der Waals surface area contributed by atoms with Crippen molar-refractivity contribution in [3.8, 4) is 0 Å². The fourth-order valence-corrected chi connectivity index (χ4v) is 2.39. The topological polar surface area (TPSA) is 127 Å². The number of benzene rings is 2. The summed E-state index contributed by atoms with van der Waals surface area (Å²) in [6.45, 7) is 0. The van der Waals surface area contributed by atoms with Crippen LogP contribution >= 0.6 is 15.9 Å². The molecule has 0 aliphatic heterocycles. The number of fused-ring (bicyclic) bond motifs is 1. The van der Waals surface area contributed by atoms with Gasteiger partial charge in [-0.3, -0.25) is 20.8 Å². The summed E-state index contributed by atoms with van der Waals surface area (Å²) in [6.07, 6.45) is 0. The van der Waals surface area contributed by atoms with Gasteiger partial charge in [0.15, 0.2) is 11.4 Å². The molecule has 0 unspecified atom stereocenters. The van der Waals surface area contributed by atoms with Gasteiger partial charge in [0.25, 0.3) is 0 Å². The van der Waals surface area contributed by atoms with Crippen molar-refractivity contribution in [2.75, 3.05) is 0 Å². The van der Waals surface area contributed by atoms with Crippen LogP contribution in [0, 0.1) is 10.1 Å². The van der Waals surface area contributed by atoms with Crippen molar-refractivity contribution < 1.29 is 14.8 Å². The molecule has 0 atom stereocenters. The van der Waals surface area contributed by atoms with Crippen LogP contribution in [0.4, 0.5) is 11.4 Å². The number of nitrogens with one attached hydrogen (secondary N) is 1. The minimum absolute atomic E-state index is 0.0113. The monoisotopic (exact) mass is 377 g/mol. The van der Waals surface area contributed by atoms with Crippen molar-refractivity contribution in [2.24, 2.45) is 4.99 Å². The molecule has 0 bridgehead atoms. The van der Waals surface area contributed by atoms with E-state index in [1.165, 1.54) is 12.1 Å². The van der Waals surface area contributed by atoms with E-state index in [1.807, 2.05) is 11.5 Å². The van der Waals surface area contributed by atoms with Crippen LogP contribution in [0.3, 0.4) is 0 Å². The summed E-state index contributed by atoms with van der Waals surface area (Å²) in [5, 5.41) is 27.5. The number of rotatable bonds is 3. The molecule has 3 rings (SSSR count). The molecule has 10 heteroatoms. The highest BCUT2D eigenvalue weighted by Gasteiger charge is 2.19. The molecule has 0 saturated carbocycles. The summed E-state index contributed by atoms with van der Waals surface area (Å²) in [6, 6.07) is 9.73. The maximum atomic E-state index is 11.0. The predicted molar refractivity (Wildman–Crippen MR) is 83.7 cm³/mol. The zero-order valence-electron chi connectivity index (χ0n) is 11.3. The molecular formula is C13H8BrN5O4. The van der Waals surface area contributed by atoms with E-state index in [2.05, 4.69) is 35.9 Å². The Bertz CT molecular complexity index is 924. The Morgan fingerprint density at radius 1 is 1.30 bits per heavy atom. The third kappa shape index (κ3) is 2.89. The van der Waals surface area contributed by atoms with Gasteiger partial charge in [0.2, 0.25) is 5.52 Å². The molecule has 0 amide bonds. The molecule has 1 heterocycles. The first-order valence-corrected chi connectivity index (χ1v) is 7.04. The summed E-state index contributed by atoms with van der Waals surface area (Å²) < 4.78 is 5.37. The average Bonchev–Trinajstić information content (AvgIpc) is 3.01. The van der Waals surface area contributed by atoms with Gasteiger partial charge in [0.05, 0.1) is 10.6 Å². The van der Waals surface area contributed by atoms with Gasteiger partial charge in [-0.15, -0.1) is 0 Å². The number of hydrogen-bond donors (Lipinski definition) is 2. The van der Waals surface area contributed by atoms with Crippen molar-refractivity contribution in [2.45, 2.75) is 0 Å². The third-order valence-corrected chi connectivity index (χ3v) is 3.50. The SMILES string of the molecule is O=[N+]([O-])c1ccc(N=C(NO)c2cccc(Br)c2)c2nonc12. The molecule has 0 aliphatic rings. The van der Waals surface area contributed by atoms with Crippen LogP contribution in [-0.4, -0.2) is 26.3 Å². The van der Waals surface area contributed by atoms with Crippen LogP contribution in [-0.2, 0) is 0 Å². The van der Waals surface area contributed by atoms with Crippen molar-refractivity contribution in [3.63, 3.8) is 0 Å². The third-order valence-electron chi connectivity index (χ3n) is 3.01. The first-order valence-electron chi connectivity index (χ1n) is 6.24. The summed E-state index contributed by atoms with van der Waals surface area (Å²) in [7, 11) is 0. The van der Waals surface area contributed by atoms with E-state index in [1.54, 1.807) is 18.2 Å². The van der Waals surface area contributed by atoms with Gasteiger partial charge < -0.3 is 0 Å². The van der Waals surface area contributed by atoms with Crippen molar-refractivity contribution in [1.82, 2.24) is 15.8 Å². The Labute approximate surface area is 136 Å². The smallest absolute Gasteiger partial charge is 0.290 e. The fourth-order valence-electron chi connectivity index (χ4n) is 1.99. The molecule has 0 radical (unpaired) electrons. The Morgan fingerprint density at radius 2 is 2.09 bits per heavy atom. The molecule has 116 valence electrons. The standard InChI is InChI=1S/C13H8BrN5O4/c14-8-3-1-2-7(6-8)13(16-20)15-9-4-5-10(19(21)22)12-11(9)17-23-18-12/h1-6,20H,(H,15,16). The van der Waals surface area contributed by atoms with Crippen LogP contribution in [0.5, 0.6) is 0 Å². The highest BCUT2D eigenvalue weighted by atomic mass is 79.9. The number of nitro groups is 1. The Kier molecular flexibility index (Phi) is 4.00. The number of aliphatic imine (C=N–C) groups is 1. The number of halogens is 1. The fraction of sp³-hybridized carbons (Fsp3) is 0. The summed E-state index contributed by atoms with van der Waals surface area (Å²) in [5.41, 5.74) is 2.75. The van der Waals surface area contributed by atoms with Crippen LogP contribution in [0.15, 0.2) is 50.5 Å². The molecular weight excluding hydrogens is 370 g/mol. The molecule has 1 aromatic heterocycles. The second kappa shape index (κ2) is 6.10. The number of non-ortho nitro benzene ring substituents is 1. The molecule has 0 fully saturated rings. The minimum Gasteiger partial charge on any atom is -0.290 e. The number of hydroxylamine groups is 1. The van der Waals surface area contributed by atoms with Crippen LogP contribution < -0.4 is 5.48 Å². The van der Waals surface area contributed by atoms with E-state index in [4.69, 9.17) is 0 Å². The Morgan fingerprint density at radius 3 is 2.78 bits per heavy atom. The molecule has 2 N–H and O–H groups in total. The Hall–Kier alpha value is -2.85. The van der Waals surface area contributed by atoms with E-state index in [0.717, 1.165) is 4.47 Å². The van der Waals surface area contributed by atoms with Gasteiger partial charge in [-0.25, -0.2) is 9.62 Å². The summed E-state index contributed by atoms with van der Waals surface area (Å²) in [5.74, 6) is 0.143. The lowest BCUT2D eigenvalue weighted by atomic mass is 10.2. The highest BCUT2D eigenvalue weighted by molar-refractivity contribution is 9.10. The first-order chi connectivity index (χ1) is 11.1. The zero-order valence-corrected chi connectivity index (χ0v) is 12.9. The lowest BCUT2D eigenvalue weighted by molar-refractivity contribution is -0.383. The van der Waals surface area contributed by atoms with Gasteiger partial charge in [-0.1, -0.05) is 28.1 Å². The van der Waals surface area contributed by atoms with Crippen molar-refractivity contribution >= 4 is 44.2 Å². The van der Waals surface area contributed by atoms with E-state index < -0.39 is 4.92 Å². The maximum Gasteiger partial charge on any atom is 0.300 e. The molecule has 23 heavy (non-hydrogen) atoms.